The minimum atomic E-state index is -1.79. The van der Waals surface area contributed by atoms with E-state index in [0.717, 1.165) is 70.6 Å². The van der Waals surface area contributed by atoms with Gasteiger partial charge in [0.1, 0.15) is 48.8 Å². The molecule has 0 aromatic carbocycles. The molecule has 2 fully saturated rings. The molecule has 0 bridgehead atoms. The number of rotatable bonds is 46. The Morgan fingerprint density at radius 3 is 1.45 bits per heavy atom. The third-order valence-corrected chi connectivity index (χ3v) is 14.0. The lowest BCUT2D eigenvalue weighted by atomic mass is 9.97. The van der Waals surface area contributed by atoms with Gasteiger partial charge in [0.25, 0.3) is 0 Å². The molecule has 0 saturated carbocycles. The molecule has 12 atom stereocenters. The highest BCUT2D eigenvalue weighted by Crippen LogP contribution is 2.30. The topological polar surface area (TPSA) is 228 Å². The quantitative estimate of drug-likeness (QED) is 0.0205. The van der Waals surface area contributed by atoms with E-state index in [4.69, 9.17) is 18.9 Å². The lowest BCUT2D eigenvalue weighted by Crippen LogP contribution is -2.65. The van der Waals surface area contributed by atoms with Crippen LogP contribution >= 0.6 is 0 Å². The molecule has 9 N–H and O–H groups in total. The van der Waals surface area contributed by atoms with Crippen LogP contribution in [0.2, 0.25) is 0 Å². The predicted molar refractivity (Wildman–Crippen MR) is 304 cm³/mol. The molecule has 12 unspecified atom stereocenters. The van der Waals surface area contributed by atoms with Crippen LogP contribution in [0.1, 0.15) is 206 Å². The Morgan fingerprint density at radius 2 is 0.921 bits per heavy atom. The van der Waals surface area contributed by atoms with Crippen molar-refractivity contribution in [1.82, 2.24) is 5.32 Å². The van der Waals surface area contributed by atoms with Gasteiger partial charge < -0.3 is 65.1 Å². The molecule has 76 heavy (non-hydrogen) atoms. The first-order chi connectivity index (χ1) is 37.1. The first-order valence-electron chi connectivity index (χ1n) is 29.8. The normalized spacial score (nSPS) is 25.5. The number of aliphatic hydroxyl groups excluding tert-OH is 8. The Morgan fingerprint density at radius 1 is 0.487 bits per heavy atom. The highest BCUT2D eigenvalue weighted by molar-refractivity contribution is 5.76. The van der Waals surface area contributed by atoms with Gasteiger partial charge in [0.2, 0.25) is 5.91 Å². The zero-order valence-corrected chi connectivity index (χ0v) is 47.0. The summed E-state index contributed by atoms with van der Waals surface area (Å²) in [4.78, 5) is 13.3. The second kappa shape index (κ2) is 47.0. The largest absolute Gasteiger partial charge is 0.394 e. The van der Waals surface area contributed by atoms with E-state index in [0.29, 0.717) is 12.8 Å². The van der Waals surface area contributed by atoms with E-state index >= 15 is 0 Å². The van der Waals surface area contributed by atoms with Crippen molar-refractivity contribution in [2.75, 3.05) is 19.8 Å². The molecule has 14 nitrogen and oxygen atoms in total. The molecule has 0 aromatic heterocycles. The molecule has 0 aliphatic carbocycles. The fourth-order valence-electron chi connectivity index (χ4n) is 9.25. The number of hydrogen-bond donors (Lipinski definition) is 9. The van der Waals surface area contributed by atoms with Crippen molar-refractivity contribution in [1.29, 1.82) is 0 Å². The number of carbonyl (C=O) groups is 1. The molecule has 2 aliphatic heterocycles. The zero-order valence-electron chi connectivity index (χ0n) is 47.0. The van der Waals surface area contributed by atoms with Gasteiger partial charge in [-0.15, -0.1) is 0 Å². The van der Waals surface area contributed by atoms with E-state index in [1.807, 2.05) is 6.08 Å². The highest BCUT2D eigenvalue weighted by Gasteiger charge is 2.51. The summed E-state index contributed by atoms with van der Waals surface area (Å²) in [7, 11) is 0. The molecule has 1 amide bonds. The lowest BCUT2D eigenvalue weighted by Gasteiger charge is -2.46. The molecule has 2 rings (SSSR count). The van der Waals surface area contributed by atoms with Gasteiger partial charge in [0, 0.05) is 6.42 Å². The Balaban J connectivity index is 1.74. The summed E-state index contributed by atoms with van der Waals surface area (Å²) >= 11 is 0. The van der Waals surface area contributed by atoms with Crippen molar-refractivity contribution in [3.05, 3.63) is 85.1 Å². The summed E-state index contributed by atoms with van der Waals surface area (Å²) in [5.74, 6) is -0.258. The fourth-order valence-corrected chi connectivity index (χ4v) is 9.25. The monoisotopic (exact) mass is 1070 g/mol. The standard InChI is InChI=1S/C62H107NO13/c1-3-5-7-9-11-13-15-17-19-20-21-22-23-24-25-26-27-28-29-30-32-34-36-38-40-42-44-46-54(67)63-50(51(66)45-43-41-39-37-35-33-31-18-16-14-12-10-8-6-4-2)49-73-61-59(72)57(70)60(53(48-65)75-61)76-62-58(71)56(69)55(68)52(47-64)74-62/h5,7,11,13,16-19,21-22,35,37,43,45,50-53,55-62,64-66,68-72H,3-4,6,8-10,12,14-15,20,23-34,36,38-42,44,46-49H2,1-2H3,(H,63,67)/b7-5-,13-11-,18-16+,19-17-,22-21-,37-35+,45-43+. The van der Waals surface area contributed by atoms with Crippen LogP contribution in [0.5, 0.6) is 0 Å². The molecule has 2 heterocycles. The molecular formula is C62H107NO13. The maximum atomic E-state index is 13.3. The molecule has 14 heteroatoms. The second-order valence-corrected chi connectivity index (χ2v) is 20.7. The molecule has 438 valence electrons. The minimum Gasteiger partial charge on any atom is -0.394 e. The Hall–Kier alpha value is -2.83. The van der Waals surface area contributed by atoms with E-state index in [1.165, 1.54) is 103 Å². The van der Waals surface area contributed by atoms with Gasteiger partial charge in [-0.3, -0.25) is 4.79 Å². The van der Waals surface area contributed by atoms with Crippen LogP contribution < -0.4 is 5.32 Å². The first-order valence-corrected chi connectivity index (χ1v) is 29.8. The summed E-state index contributed by atoms with van der Waals surface area (Å²) in [6, 6.07) is -0.942. The smallest absolute Gasteiger partial charge is 0.220 e. The van der Waals surface area contributed by atoms with Crippen LogP contribution in [-0.2, 0) is 23.7 Å². The number of nitrogens with one attached hydrogen (secondary N) is 1. The molecule has 0 aromatic rings. The van der Waals surface area contributed by atoms with Crippen molar-refractivity contribution in [3.63, 3.8) is 0 Å². The third-order valence-electron chi connectivity index (χ3n) is 14.0. The van der Waals surface area contributed by atoms with Gasteiger partial charge in [0.05, 0.1) is 32.0 Å². The Labute approximate surface area is 459 Å². The number of amides is 1. The Bertz CT molecular complexity index is 1600. The van der Waals surface area contributed by atoms with E-state index < -0.39 is 86.8 Å². The van der Waals surface area contributed by atoms with Crippen molar-refractivity contribution in [3.8, 4) is 0 Å². The van der Waals surface area contributed by atoms with Gasteiger partial charge in [-0.05, 0) is 83.5 Å². The van der Waals surface area contributed by atoms with Gasteiger partial charge >= 0.3 is 0 Å². The lowest BCUT2D eigenvalue weighted by molar-refractivity contribution is -0.359. The average molecular weight is 1070 g/mol. The summed E-state index contributed by atoms with van der Waals surface area (Å²) in [5.41, 5.74) is 0. The number of carbonyl (C=O) groups excluding carboxylic acids is 1. The van der Waals surface area contributed by atoms with Crippen LogP contribution in [0.4, 0.5) is 0 Å². The number of allylic oxidation sites excluding steroid dienone is 13. The van der Waals surface area contributed by atoms with Crippen LogP contribution in [0.25, 0.3) is 0 Å². The van der Waals surface area contributed by atoms with E-state index in [1.54, 1.807) is 6.08 Å². The van der Waals surface area contributed by atoms with Crippen LogP contribution in [0, 0.1) is 0 Å². The van der Waals surface area contributed by atoms with Crippen molar-refractivity contribution in [2.45, 2.75) is 280 Å². The zero-order chi connectivity index (χ0) is 55.3. The second-order valence-electron chi connectivity index (χ2n) is 20.7. The van der Waals surface area contributed by atoms with Gasteiger partial charge in [-0.1, -0.05) is 202 Å². The maximum absolute atomic E-state index is 13.3. The fraction of sp³-hybridized carbons (Fsp3) is 0.758. The highest BCUT2D eigenvalue weighted by atomic mass is 16.7. The third kappa shape index (κ3) is 32.3. The summed E-state index contributed by atoms with van der Waals surface area (Å²) in [6.45, 7) is 2.63. The van der Waals surface area contributed by atoms with Gasteiger partial charge in [-0.25, -0.2) is 0 Å². The number of unbranched alkanes of at least 4 members (excludes halogenated alkanes) is 21. The number of hydrogen-bond acceptors (Lipinski definition) is 13. The van der Waals surface area contributed by atoms with Crippen LogP contribution in [0.15, 0.2) is 85.1 Å². The van der Waals surface area contributed by atoms with E-state index in [2.05, 4.69) is 92.1 Å². The number of ether oxygens (including phenoxy) is 4. The summed E-state index contributed by atoms with van der Waals surface area (Å²) in [6.07, 6.45) is 46.2. The Kier molecular flexibility index (Phi) is 42.9. The van der Waals surface area contributed by atoms with E-state index in [-0.39, 0.29) is 18.9 Å². The summed E-state index contributed by atoms with van der Waals surface area (Å²) < 4.78 is 22.7. The van der Waals surface area contributed by atoms with Crippen LogP contribution in [0.3, 0.4) is 0 Å². The van der Waals surface area contributed by atoms with Gasteiger partial charge in [-0.2, -0.15) is 0 Å². The molecule has 2 saturated heterocycles. The van der Waals surface area contributed by atoms with Crippen molar-refractivity contribution >= 4 is 5.91 Å². The summed E-state index contributed by atoms with van der Waals surface area (Å²) in [5, 5.41) is 87.0. The molecule has 2 aliphatic rings. The van der Waals surface area contributed by atoms with Crippen LogP contribution in [-0.4, -0.2) is 140 Å². The van der Waals surface area contributed by atoms with Gasteiger partial charge in [0.15, 0.2) is 12.6 Å². The minimum absolute atomic E-state index is 0.258. The van der Waals surface area contributed by atoms with Crippen molar-refractivity contribution in [2.24, 2.45) is 0 Å². The number of aliphatic hydroxyl groups is 8. The average Bonchev–Trinajstić information content (AvgIpc) is 3.42. The maximum Gasteiger partial charge on any atom is 0.220 e. The molecular weight excluding hydrogens is 967 g/mol. The molecule has 0 spiro atoms. The molecule has 0 radical (unpaired) electrons. The predicted octanol–water partition coefficient (Wildman–Crippen LogP) is 10.1. The first kappa shape index (κ1) is 69.3. The van der Waals surface area contributed by atoms with E-state index in [9.17, 15) is 45.6 Å². The van der Waals surface area contributed by atoms with Crippen molar-refractivity contribution < 1.29 is 64.6 Å². The SMILES string of the molecule is CC/C=C\C/C=C\C/C=C\C/C=C\CCCCCCCCCCCCCCCCC(=O)NC(COC1OC(CO)C(OC2OC(CO)C(O)C(O)C2O)C(O)C1O)C(O)/C=C/CC/C=C/CC/C=C/CCCCCCC.